The first kappa shape index (κ1) is 25.3. The van der Waals surface area contributed by atoms with Crippen LogP contribution in [0.4, 0.5) is 23.8 Å². The first-order valence-electron chi connectivity index (χ1n) is 11.1. The number of amides is 2. The molecule has 1 aliphatic rings. The molecule has 1 aliphatic heterocycles. The van der Waals surface area contributed by atoms with Crippen molar-refractivity contribution in [3.63, 3.8) is 0 Å². The number of hydrogen-bond donors (Lipinski definition) is 1. The molecule has 1 saturated heterocycles. The highest BCUT2D eigenvalue weighted by atomic mass is 19.4. The van der Waals surface area contributed by atoms with Gasteiger partial charge in [0.15, 0.2) is 0 Å². The Morgan fingerprint density at radius 1 is 1.00 bits per heavy atom. The summed E-state index contributed by atoms with van der Waals surface area (Å²) in [5.41, 5.74) is -0.191. The van der Waals surface area contributed by atoms with Gasteiger partial charge in [-0.05, 0) is 48.2 Å². The first-order valence-corrected chi connectivity index (χ1v) is 11.1. The molecule has 1 aromatic heterocycles. The van der Waals surface area contributed by atoms with E-state index in [-0.39, 0.29) is 11.3 Å². The number of ether oxygens (including phenoxy) is 1. The van der Waals surface area contributed by atoms with Crippen LogP contribution in [0.3, 0.4) is 0 Å². The highest BCUT2D eigenvalue weighted by molar-refractivity contribution is 5.94. The fourth-order valence-corrected chi connectivity index (χ4v) is 3.35. The summed E-state index contributed by atoms with van der Waals surface area (Å²) < 4.78 is 43.5. The quantitative estimate of drug-likeness (QED) is 0.681. The lowest BCUT2D eigenvalue weighted by atomic mass is 9.92. The summed E-state index contributed by atoms with van der Waals surface area (Å²) >= 11 is 0. The number of carbonyl (C=O) groups is 2. The van der Waals surface area contributed by atoms with E-state index < -0.39 is 17.8 Å². The fraction of sp³-hybridized carbons (Fsp3) is 0.458. The Morgan fingerprint density at radius 2 is 1.65 bits per heavy atom. The van der Waals surface area contributed by atoms with Gasteiger partial charge in [-0.25, -0.2) is 9.78 Å². The molecule has 34 heavy (non-hydrogen) atoms. The number of carbonyl (C=O) groups excluding carboxylic acids is 2. The number of aromatic nitrogens is 1. The van der Waals surface area contributed by atoms with Crippen molar-refractivity contribution in [3.8, 4) is 5.75 Å². The fourth-order valence-electron chi connectivity index (χ4n) is 3.35. The molecule has 1 fully saturated rings. The lowest BCUT2D eigenvalue weighted by molar-refractivity contribution is -0.137. The number of nitrogens with one attached hydrogen (secondary N) is 1. The molecule has 0 atom stereocenters. The van der Waals surface area contributed by atoms with Gasteiger partial charge >= 0.3 is 12.3 Å². The van der Waals surface area contributed by atoms with Gasteiger partial charge in [-0.15, -0.1) is 0 Å². The summed E-state index contributed by atoms with van der Waals surface area (Å²) in [6.07, 6.45) is -3.29. The molecule has 0 radical (unpaired) electrons. The molecule has 2 heterocycles. The normalized spacial score (nSPS) is 14.6. The Labute approximate surface area is 196 Å². The molecule has 0 bridgehead atoms. The number of alkyl halides is 3. The van der Waals surface area contributed by atoms with Crippen molar-refractivity contribution in [2.45, 2.75) is 33.4 Å². The van der Waals surface area contributed by atoms with E-state index in [0.29, 0.717) is 49.9 Å². The van der Waals surface area contributed by atoms with Crippen LogP contribution in [-0.2, 0) is 6.18 Å². The zero-order valence-corrected chi connectivity index (χ0v) is 19.5. The zero-order valence-electron chi connectivity index (χ0n) is 19.5. The maximum atomic E-state index is 12.7. The molecule has 2 aromatic rings. The zero-order chi connectivity index (χ0) is 24.9. The molecule has 1 N–H and O–H groups in total. The monoisotopic (exact) mass is 478 g/mol. The van der Waals surface area contributed by atoms with E-state index >= 15 is 0 Å². The van der Waals surface area contributed by atoms with Crippen LogP contribution in [0.15, 0.2) is 42.6 Å². The third kappa shape index (κ3) is 7.10. The van der Waals surface area contributed by atoms with Gasteiger partial charge in [-0.2, -0.15) is 13.2 Å². The number of piperazine rings is 1. The average molecular weight is 479 g/mol. The lowest BCUT2D eigenvalue weighted by Gasteiger charge is -2.34. The number of anilines is 1. The number of hydrogen-bond acceptors (Lipinski definition) is 5. The Kier molecular flexibility index (Phi) is 7.68. The molecule has 0 saturated carbocycles. The second kappa shape index (κ2) is 10.3. The van der Waals surface area contributed by atoms with Crippen LogP contribution in [0.5, 0.6) is 5.75 Å². The van der Waals surface area contributed by atoms with E-state index in [0.717, 1.165) is 18.7 Å². The first-order chi connectivity index (χ1) is 15.9. The van der Waals surface area contributed by atoms with Gasteiger partial charge in [0.25, 0.3) is 5.91 Å². The molecule has 3 rings (SSSR count). The number of benzene rings is 1. The summed E-state index contributed by atoms with van der Waals surface area (Å²) in [5.74, 6) is 0.565. The van der Waals surface area contributed by atoms with Crippen molar-refractivity contribution >= 4 is 17.8 Å². The van der Waals surface area contributed by atoms with E-state index in [1.165, 1.54) is 11.0 Å². The van der Waals surface area contributed by atoms with E-state index in [2.05, 4.69) is 31.1 Å². The van der Waals surface area contributed by atoms with Crippen molar-refractivity contribution < 1.29 is 27.5 Å². The van der Waals surface area contributed by atoms with Crippen molar-refractivity contribution in [3.05, 3.63) is 53.7 Å². The summed E-state index contributed by atoms with van der Waals surface area (Å²) in [5, 5.41) is 2.88. The van der Waals surface area contributed by atoms with Gasteiger partial charge in [0.2, 0.25) is 0 Å². The van der Waals surface area contributed by atoms with Crippen LogP contribution in [-0.4, -0.2) is 54.6 Å². The minimum atomic E-state index is -4.43. The third-order valence-corrected chi connectivity index (χ3v) is 5.42. The van der Waals surface area contributed by atoms with Gasteiger partial charge in [-0.1, -0.05) is 20.8 Å². The van der Waals surface area contributed by atoms with Crippen LogP contribution >= 0.6 is 0 Å². The Hall–Kier alpha value is -3.30. The molecule has 0 unspecified atom stereocenters. The predicted octanol–water partition coefficient (Wildman–Crippen LogP) is 4.59. The molecule has 7 nitrogen and oxygen atoms in total. The van der Waals surface area contributed by atoms with E-state index in [4.69, 9.17) is 4.74 Å². The minimum absolute atomic E-state index is 0.130. The van der Waals surface area contributed by atoms with Gasteiger partial charge in [-0.3, -0.25) is 4.79 Å². The van der Waals surface area contributed by atoms with Crippen LogP contribution in [0, 0.1) is 5.41 Å². The Bertz CT molecular complexity index is 979. The highest BCUT2D eigenvalue weighted by Crippen LogP contribution is 2.29. The second-order valence-electron chi connectivity index (χ2n) is 9.34. The second-order valence-corrected chi connectivity index (χ2v) is 9.34. The minimum Gasteiger partial charge on any atom is -0.410 e. The molecular formula is C24H29F3N4O3. The largest absolute Gasteiger partial charge is 0.417 e. The van der Waals surface area contributed by atoms with Gasteiger partial charge in [0.05, 0.1) is 5.56 Å². The van der Waals surface area contributed by atoms with Crippen LogP contribution in [0.1, 0.15) is 43.1 Å². The summed E-state index contributed by atoms with van der Waals surface area (Å²) in [4.78, 5) is 32.0. The molecule has 0 aliphatic carbocycles. The molecule has 1 aromatic carbocycles. The van der Waals surface area contributed by atoms with Gasteiger partial charge in [0.1, 0.15) is 11.6 Å². The number of pyridine rings is 1. The number of nitrogens with zero attached hydrogens (tertiary/aromatic N) is 3. The summed E-state index contributed by atoms with van der Waals surface area (Å²) in [6.45, 7) is 8.41. The standard InChI is InChI=1S/C24H29F3N4O3/c1-23(2,3)10-11-28-21(32)17-4-7-19(8-5-17)34-22(33)31-14-12-30(13-15-31)20-9-6-18(16-29-20)24(25,26)27/h4-9,16H,10-15H2,1-3H3,(H,28,32). The maximum absolute atomic E-state index is 12.7. The summed E-state index contributed by atoms with van der Waals surface area (Å²) in [7, 11) is 0. The van der Waals surface area contributed by atoms with Crippen LogP contribution in [0.2, 0.25) is 0 Å². The topological polar surface area (TPSA) is 74.8 Å². The van der Waals surface area contributed by atoms with E-state index in [9.17, 15) is 22.8 Å². The molecule has 0 spiro atoms. The Balaban J connectivity index is 1.47. The smallest absolute Gasteiger partial charge is 0.410 e. The van der Waals surface area contributed by atoms with E-state index in [1.807, 2.05) is 4.90 Å². The Morgan fingerprint density at radius 3 is 2.18 bits per heavy atom. The average Bonchev–Trinajstić information content (AvgIpc) is 2.78. The number of rotatable bonds is 5. The SMILES string of the molecule is CC(C)(C)CCNC(=O)c1ccc(OC(=O)N2CCN(c3ccc(C(F)(F)F)cn3)CC2)cc1. The molecule has 184 valence electrons. The van der Waals surface area contributed by atoms with Crippen molar-refractivity contribution in [1.29, 1.82) is 0 Å². The summed E-state index contributed by atoms with van der Waals surface area (Å²) in [6, 6.07) is 8.67. The van der Waals surface area contributed by atoms with Crippen LogP contribution < -0.4 is 15.0 Å². The highest BCUT2D eigenvalue weighted by Gasteiger charge is 2.31. The third-order valence-electron chi connectivity index (χ3n) is 5.42. The van der Waals surface area contributed by atoms with Crippen LogP contribution in [0.25, 0.3) is 0 Å². The predicted molar refractivity (Wildman–Crippen MR) is 122 cm³/mol. The van der Waals surface area contributed by atoms with Crippen molar-refractivity contribution in [1.82, 2.24) is 15.2 Å². The van der Waals surface area contributed by atoms with Gasteiger partial charge < -0.3 is 19.9 Å². The molecular weight excluding hydrogens is 449 g/mol. The van der Waals surface area contributed by atoms with Gasteiger partial charge in [0, 0.05) is 44.5 Å². The molecule has 2 amide bonds. The lowest BCUT2D eigenvalue weighted by Crippen LogP contribution is -2.49. The van der Waals surface area contributed by atoms with Crippen molar-refractivity contribution in [2.75, 3.05) is 37.6 Å². The molecule has 10 heteroatoms. The van der Waals surface area contributed by atoms with Crippen molar-refractivity contribution in [2.24, 2.45) is 5.41 Å². The van der Waals surface area contributed by atoms with E-state index in [1.54, 1.807) is 24.3 Å². The maximum Gasteiger partial charge on any atom is 0.417 e. The number of halogens is 3.